The second-order valence-electron chi connectivity index (χ2n) is 5.21. The first-order chi connectivity index (χ1) is 10.0. The van der Waals surface area contributed by atoms with E-state index >= 15 is 0 Å². The van der Waals surface area contributed by atoms with Crippen LogP contribution in [0, 0.1) is 13.8 Å². The van der Waals surface area contributed by atoms with E-state index in [-0.39, 0.29) is 0 Å². The standard InChI is InChI=1S/C10H15N.C9H13N/c1-4-9-7-5-6-8(2)10(9)11-3;1-3-8-6-4-5-7(2)9(8)10/h5-7,11H,4H2,1-3H3;4-6H,3,10H2,1-2H3. The molecule has 0 aliphatic rings. The molecule has 0 fully saturated rings. The van der Waals surface area contributed by atoms with Crippen molar-refractivity contribution in [3.63, 3.8) is 0 Å². The van der Waals surface area contributed by atoms with Gasteiger partial charge in [-0.2, -0.15) is 0 Å². The molecule has 0 radical (unpaired) electrons. The number of anilines is 2. The van der Waals surface area contributed by atoms with Crippen molar-refractivity contribution in [2.75, 3.05) is 18.1 Å². The van der Waals surface area contributed by atoms with Crippen molar-refractivity contribution in [2.24, 2.45) is 0 Å². The molecule has 0 atom stereocenters. The van der Waals surface area contributed by atoms with E-state index in [0.717, 1.165) is 18.5 Å². The second kappa shape index (κ2) is 8.35. The Hall–Kier alpha value is -1.96. The SMILES string of the molecule is CCc1cccc(C)c1N.CCc1cccc(C)c1NC. The monoisotopic (exact) mass is 284 g/mol. The summed E-state index contributed by atoms with van der Waals surface area (Å²) in [5.41, 5.74) is 13.2. The number of para-hydroxylation sites is 2. The van der Waals surface area contributed by atoms with Crippen LogP contribution in [0.4, 0.5) is 11.4 Å². The van der Waals surface area contributed by atoms with Crippen LogP contribution < -0.4 is 11.1 Å². The molecule has 21 heavy (non-hydrogen) atoms. The Morgan fingerprint density at radius 3 is 1.81 bits per heavy atom. The lowest BCUT2D eigenvalue weighted by Gasteiger charge is -2.09. The zero-order valence-corrected chi connectivity index (χ0v) is 14.0. The summed E-state index contributed by atoms with van der Waals surface area (Å²) in [4.78, 5) is 0. The van der Waals surface area contributed by atoms with E-state index < -0.39 is 0 Å². The van der Waals surface area contributed by atoms with E-state index in [2.05, 4.69) is 50.4 Å². The van der Waals surface area contributed by atoms with E-state index in [1.807, 2.05) is 26.1 Å². The summed E-state index contributed by atoms with van der Waals surface area (Å²) in [6, 6.07) is 12.6. The van der Waals surface area contributed by atoms with Crippen molar-refractivity contribution in [1.82, 2.24) is 0 Å². The highest BCUT2D eigenvalue weighted by atomic mass is 14.8. The third kappa shape index (κ3) is 4.52. The van der Waals surface area contributed by atoms with Crippen LogP contribution in [0.1, 0.15) is 36.1 Å². The number of hydrogen-bond acceptors (Lipinski definition) is 2. The number of hydrogen-bond donors (Lipinski definition) is 2. The van der Waals surface area contributed by atoms with Gasteiger partial charge in [0.2, 0.25) is 0 Å². The van der Waals surface area contributed by atoms with Gasteiger partial charge in [-0.25, -0.2) is 0 Å². The van der Waals surface area contributed by atoms with Gasteiger partial charge >= 0.3 is 0 Å². The minimum absolute atomic E-state index is 0.949. The minimum Gasteiger partial charge on any atom is -0.398 e. The van der Waals surface area contributed by atoms with Crippen LogP contribution in [0.15, 0.2) is 36.4 Å². The predicted octanol–water partition coefficient (Wildman–Crippen LogP) is 4.74. The minimum atomic E-state index is 0.949. The Morgan fingerprint density at radius 2 is 1.38 bits per heavy atom. The Labute approximate surface area is 129 Å². The van der Waals surface area contributed by atoms with Crippen LogP contribution >= 0.6 is 0 Å². The molecule has 3 N–H and O–H groups in total. The van der Waals surface area contributed by atoms with Gasteiger partial charge in [0.15, 0.2) is 0 Å². The average Bonchev–Trinajstić information content (AvgIpc) is 2.50. The normalized spacial score (nSPS) is 9.76. The first-order valence-electron chi connectivity index (χ1n) is 7.65. The van der Waals surface area contributed by atoms with Gasteiger partial charge in [0.25, 0.3) is 0 Å². The van der Waals surface area contributed by atoms with E-state index in [1.165, 1.54) is 27.9 Å². The zero-order valence-electron chi connectivity index (χ0n) is 14.0. The van der Waals surface area contributed by atoms with Gasteiger partial charge in [0.1, 0.15) is 0 Å². The lowest BCUT2D eigenvalue weighted by Crippen LogP contribution is -1.96. The van der Waals surface area contributed by atoms with Crippen molar-refractivity contribution in [2.45, 2.75) is 40.5 Å². The maximum Gasteiger partial charge on any atom is 0.0399 e. The van der Waals surface area contributed by atoms with Gasteiger partial charge < -0.3 is 11.1 Å². The van der Waals surface area contributed by atoms with E-state index in [9.17, 15) is 0 Å². The molecular formula is C19H28N2. The van der Waals surface area contributed by atoms with Crippen LogP contribution in [-0.2, 0) is 12.8 Å². The highest BCUT2D eigenvalue weighted by Crippen LogP contribution is 2.19. The van der Waals surface area contributed by atoms with E-state index in [1.54, 1.807) is 0 Å². The molecule has 0 saturated heterocycles. The first-order valence-corrected chi connectivity index (χ1v) is 7.65. The molecule has 0 aliphatic carbocycles. The maximum atomic E-state index is 5.79. The van der Waals surface area contributed by atoms with Crippen molar-refractivity contribution in [3.05, 3.63) is 58.7 Å². The van der Waals surface area contributed by atoms with Gasteiger partial charge in [-0.1, -0.05) is 50.2 Å². The molecular weight excluding hydrogens is 256 g/mol. The zero-order chi connectivity index (χ0) is 15.8. The van der Waals surface area contributed by atoms with E-state index in [0.29, 0.717) is 0 Å². The number of benzene rings is 2. The Kier molecular flexibility index (Phi) is 6.80. The predicted molar refractivity (Wildman–Crippen MR) is 95.1 cm³/mol. The number of rotatable bonds is 3. The summed E-state index contributed by atoms with van der Waals surface area (Å²) >= 11 is 0. The molecule has 0 heterocycles. The smallest absolute Gasteiger partial charge is 0.0399 e. The Bertz CT molecular complexity index is 574. The molecule has 2 aromatic carbocycles. The number of nitrogen functional groups attached to an aromatic ring is 1. The second-order valence-corrected chi connectivity index (χ2v) is 5.21. The van der Waals surface area contributed by atoms with Crippen LogP contribution in [-0.4, -0.2) is 7.05 Å². The molecule has 0 aromatic heterocycles. The lowest BCUT2D eigenvalue weighted by atomic mass is 10.1. The molecule has 0 spiro atoms. The van der Waals surface area contributed by atoms with Crippen molar-refractivity contribution in [3.8, 4) is 0 Å². The first kappa shape index (κ1) is 17.1. The number of nitrogens with one attached hydrogen (secondary N) is 1. The molecule has 0 aliphatic heterocycles. The van der Waals surface area contributed by atoms with Crippen molar-refractivity contribution >= 4 is 11.4 Å². The molecule has 2 heteroatoms. The average molecular weight is 284 g/mol. The lowest BCUT2D eigenvalue weighted by molar-refractivity contribution is 1.13. The summed E-state index contributed by atoms with van der Waals surface area (Å²) in [6.45, 7) is 8.46. The van der Waals surface area contributed by atoms with Gasteiger partial charge in [0.05, 0.1) is 0 Å². The van der Waals surface area contributed by atoms with E-state index in [4.69, 9.17) is 5.73 Å². The molecule has 0 amide bonds. The molecule has 0 saturated carbocycles. The van der Waals surface area contributed by atoms with Crippen LogP contribution in [0.25, 0.3) is 0 Å². The largest absolute Gasteiger partial charge is 0.398 e. The van der Waals surface area contributed by atoms with Crippen LogP contribution in [0.3, 0.4) is 0 Å². The summed E-state index contributed by atoms with van der Waals surface area (Å²) in [6.07, 6.45) is 2.12. The summed E-state index contributed by atoms with van der Waals surface area (Å²) in [5.74, 6) is 0. The molecule has 0 unspecified atom stereocenters. The van der Waals surface area contributed by atoms with Gasteiger partial charge in [-0.05, 0) is 48.9 Å². The topological polar surface area (TPSA) is 38.0 Å². The van der Waals surface area contributed by atoms with Crippen LogP contribution in [0.5, 0.6) is 0 Å². The quantitative estimate of drug-likeness (QED) is 0.799. The summed E-state index contributed by atoms with van der Waals surface area (Å²) in [5, 5.41) is 3.21. The number of nitrogens with two attached hydrogens (primary N) is 1. The molecule has 0 bridgehead atoms. The molecule has 114 valence electrons. The van der Waals surface area contributed by atoms with Gasteiger partial charge in [-0.3, -0.25) is 0 Å². The van der Waals surface area contributed by atoms with Crippen LogP contribution in [0.2, 0.25) is 0 Å². The fourth-order valence-electron chi connectivity index (χ4n) is 2.43. The fraction of sp³-hybridized carbons (Fsp3) is 0.368. The Morgan fingerprint density at radius 1 is 0.857 bits per heavy atom. The fourth-order valence-corrected chi connectivity index (χ4v) is 2.43. The Balaban J connectivity index is 0.000000211. The van der Waals surface area contributed by atoms with Crippen molar-refractivity contribution < 1.29 is 0 Å². The highest BCUT2D eigenvalue weighted by molar-refractivity contribution is 5.56. The molecule has 2 aromatic rings. The summed E-state index contributed by atoms with van der Waals surface area (Å²) < 4.78 is 0. The van der Waals surface area contributed by atoms with Gasteiger partial charge in [-0.15, -0.1) is 0 Å². The third-order valence-electron chi connectivity index (χ3n) is 3.79. The van der Waals surface area contributed by atoms with Crippen molar-refractivity contribution in [1.29, 1.82) is 0 Å². The highest BCUT2D eigenvalue weighted by Gasteiger charge is 1.99. The summed E-state index contributed by atoms with van der Waals surface area (Å²) in [7, 11) is 1.97. The molecule has 2 rings (SSSR count). The molecule has 2 nitrogen and oxygen atoms in total. The number of aryl methyl sites for hydroxylation is 4. The maximum absolute atomic E-state index is 5.79. The third-order valence-corrected chi connectivity index (χ3v) is 3.79. The van der Waals surface area contributed by atoms with Gasteiger partial charge in [0, 0.05) is 18.4 Å².